The quantitative estimate of drug-likeness (QED) is 0.184. The number of rotatable bonds is 5. The number of hydrogen-bond acceptors (Lipinski definition) is 7. The molecule has 0 bridgehead atoms. The predicted octanol–water partition coefficient (Wildman–Crippen LogP) is 6.16. The lowest BCUT2D eigenvalue weighted by molar-refractivity contribution is -0.132. The molecule has 1 fully saturated rings. The number of anilines is 1. The van der Waals surface area contributed by atoms with E-state index in [1.54, 1.807) is 25.1 Å². The summed E-state index contributed by atoms with van der Waals surface area (Å²) in [7, 11) is 0. The Morgan fingerprint density at radius 3 is 2.69 bits per heavy atom. The van der Waals surface area contributed by atoms with Crippen molar-refractivity contribution in [2.75, 3.05) is 11.5 Å². The maximum atomic E-state index is 14.0. The van der Waals surface area contributed by atoms with Gasteiger partial charge in [0.15, 0.2) is 5.13 Å². The fraction of sp³-hybridized carbons (Fsp3) is 0.120. The lowest BCUT2D eigenvalue weighted by atomic mass is 9.98. The molecule has 1 atom stereocenters. The van der Waals surface area contributed by atoms with Gasteiger partial charge in [-0.1, -0.05) is 40.6 Å². The molecule has 0 radical (unpaired) electrons. The third-order valence-corrected chi connectivity index (χ3v) is 7.16. The van der Waals surface area contributed by atoms with Crippen LogP contribution in [0.15, 0.2) is 60.3 Å². The van der Waals surface area contributed by atoms with Gasteiger partial charge in [-0.2, -0.15) is 0 Å². The lowest BCUT2D eigenvalue weighted by Gasteiger charge is -2.22. The summed E-state index contributed by atoms with van der Waals surface area (Å²) in [6.07, 6.45) is 1.51. The van der Waals surface area contributed by atoms with Crippen molar-refractivity contribution in [3.8, 4) is 5.75 Å². The molecule has 2 aromatic carbocycles. The Hall–Kier alpha value is -3.53. The van der Waals surface area contributed by atoms with E-state index in [2.05, 4.69) is 9.97 Å². The molecule has 1 saturated heterocycles. The summed E-state index contributed by atoms with van der Waals surface area (Å²) in [6.45, 7) is 2.12. The first-order chi connectivity index (χ1) is 17.3. The van der Waals surface area contributed by atoms with E-state index in [0.717, 1.165) is 16.2 Å². The average Bonchev–Trinajstić information content (AvgIpc) is 3.38. The van der Waals surface area contributed by atoms with Crippen LogP contribution >= 0.6 is 34.5 Å². The fourth-order valence-corrected chi connectivity index (χ4v) is 5.26. The number of nitrogens with zero attached hydrogens (tertiary/aromatic N) is 3. The number of fused-ring (bicyclic) bond motifs is 1. The van der Waals surface area contributed by atoms with Crippen molar-refractivity contribution < 1.29 is 23.8 Å². The maximum absolute atomic E-state index is 14.0. The SMILES string of the molecule is CCOc1cc(/C(O)=C2\C(=O)C(=O)N(c3nc4cc(Cl)c(F)cc4s3)C2c2ccccn2)ccc1Cl. The number of aromatic nitrogens is 2. The Bertz CT molecular complexity index is 1520. The number of benzene rings is 2. The number of hydrogen-bond donors (Lipinski definition) is 1. The molecule has 7 nitrogen and oxygen atoms in total. The van der Waals surface area contributed by atoms with Crippen molar-refractivity contribution in [1.29, 1.82) is 0 Å². The Morgan fingerprint density at radius 1 is 1.17 bits per heavy atom. The molecule has 4 aromatic rings. The minimum Gasteiger partial charge on any atom is -0.507 e. The number of thiazole rings is 1. The second-order valence-corrected chi connectivity index (χ2v) is 9.56. The van der Waals surface area contributed by atoms with Gasteiger partial charge >= 0.3 is 5.91 Å². The lowest BCUT2D eigenvalue weighted by Crippen LogP contribution is -2.29. The zero-order chi connectivity index (χ0) is 25.6. The molecule has 5 rings (SSSR count). The summed E-state index contributed by atoms with van der Waals surface area (Å²) in [6, 6.07) is 11.0. The number of carbonyl (C=O) groups is 2. The molecule has 11 heteroatoms. The molecule has 1 aliphatic heterocycles. The minimum absolute atomic E-state index is 0.115. The number of Topliss-reactive ketones (excluding diaryl/α,β-unsaturated/α-hetero) is 1. The van der Waals surface area contributed by atoms with Gasteiger partial charge in [0.2, 0.25) is 0 Å². The summed E-state index contributed by atoms with van der Waals surface area (Å²) < 4.78 is 20.0. The highest BCUT2D eigenvalue weighted by atomic mass is 35.5. The molecule has 2 aromatic heterocycles. The van der Waals surface area contributed by atoms with Crippen molar-refractivity contribution in [3.63, 3.8) is 0 Å². The highest BCUT2D eigenvalue weighted by Crippen LogP contribution is 2.44. The predicted molar refractivity (Wildman–Crippen MR) is 136 cm³/mol. The van der Waals surface area contributed by atoms with Crippen LogP contribution in [0, 0.1) is 5.82 Å². The molecule has 1 unspecified atom stereocenters. The molecule has 1 aliphatic rings. The molecule has 36 heavy (non-hydrogen) atoms. The largest absolute Gasteiger partial charge is 0.507 e. The smallest absolute Gasteiger partial charge is 0.301 e. The van der Waals surface area contributed by atoms with Gasteiger partial charge < -0.3 is 9.84 Å². The number of carbonyl (C=O) groups excluding carboxylic acids is 2. The van der Waals surface area contributed by atoms with Crippen LogP contribution in [-0.2, 0) is 9.59 Å². The van der Waals surface area contributed by atoms with Gasteiger partial charge in [0.05, 0.1) is 38.1 Å². The van der Waals surface area contributed by atoms with Gasteiger partial charge in [-0.15, -0.1) is 0 Å². The van der Waals surface area contributed by atoms with Crippen molar-refractivity contribution in [1.82, 2.24) is 9.97 Å². The van der Waals surface area contributed by atoms with E-state index in [1.165, 1.54) is 36.5 Å². The van der Waals surface area contributed by atoms with Crippen LogP contribution in [0.1, 0.15) is 24.2 Å². The number of ketones is 1. The van der Waals surface area contributed by atoms with Crippen LogP contribution in [0.3, 0.4) is 0 Å². The monoisotopic (exact) mass is 543 g/mol. The molecule has 182 valence electrons. The van der Waals surface area contributed by atoms with Crippen molar-refractivity contribution >= 4 is 67.3 Å². The zero-order valence-corrected chi connectivity index (χ0v) is 20.9. The van der Waals surface area contributed by atoms with Crippen LogP contribution in [0.25, 0.3) is 16.0 Å². The molecule has 0 aliphatic carbocycles. The highest BCUT2D eigenvalue weighted by Gasteiger charge is 2.49. The van der Waals surface area contributed by atoms with Crippen molar-refractivity contribution in [2.24, 2.45) is 0 Å². The van der Waals surface area contributed by atoms with Crippen molar-refractivity contribution in [3.05, 3.63) is 87.4 Å². The van der Waals surface area contributed by atoms with Crippen LogP contribution in [0.5, 0.6) is 5.75 Å². The molecular weight excluding hydrogens is 528 g/mol. The topological polar surface area (TPSA) is 92.6 Å². The first-order valence-corrected chi connectivity index (χ1v) is 12.3. The van der Waals surface area contributed by atoms with Gasteiger partial charge in [-0.3, -0.25) is 19.5 Å². The van der Waals surface area contributed by atoms with Gasteiger partial charge in [0.25, 0.3) is 5.78 Å². The van der Waals surface area contributed by atoms with Gasteiger partial charge in [-0.05, 0) is 49.4 Å². The number of aliphatic hydroxyl groups is 1. The number of aliphatic hydroxyl groups excluding tert-OH is 1. The third-order valence-electron chi connectivity index (χ3n) is 5.54. The van der Waals surface area contributed by atoms with Crippen LogP contribution in [0.2, 0.25) is 10.0 Å². The normalized spacial score (nSPS) is 17.2. The second-order valence-electron chi connectivity index (χ2n) is 7.73. The van der Waals surface area contributed by atoms with E-state index in [1.807, 2.05) is 0 Å². The van der Waals surface area contributed by atoms with Gasteiger partial charge in [0.1, 0.15) is 23.4 Å². The zero-order valence-electron chi connectivity index (χ0n) is 18.5. The molecule has 1 N–H and O–H groups in total. The number of ether oxygens (including phenoxy) is 1. The Morgan fingerprint density at radius 2 is 1.97 bits per heavy atom. The average molecular weight is 544 g/mol. The Balaban J connectivity index is 1.71. The Labute approximate surface area is 218 Å². The van der Waals surface area contributed by atoms with Crippen molar-refractivity contribution in [2.45, 2.75) is 13.0 Å². The minimum atomic E-state index is -1.08. The van der Waals surface area contributed by atoms with Crippen LogP contribution < -0.4 is 9.64 Å². The maximum Gasteiger partial charge on any atom is 0.301 e. The molecule has 3 heterocycles. The number of halogens is 3. The molecule has 1 amide bonds. The summed E-state index contributed by atoms with van der Waals surface area (Å²) in [4.78, 5) is 36.5. The Kier molecular flexibility index (Phi) is 6.38. The summed E-state index contributed by atoms with van der Waals surface area (Å²) in [5.74, 6) is -2.55. The summed E-state index contributed by atoms with van der Waals surface area (Å²) in [5, 5.41) is 11.6. The summed E-state index contributed by atoms with van der Waals surface area (Å²) in [5.41, 5.74) is 0.759. The van der Waals surface area contributed by atoms with Crippen LogP contribution in [0.4, 0.5) is 9.52 Å². The molecular formula is C25H16Cl2FN3O4S. The first-order valence-electron chi connectivity index (χ1n) is 10.7. The van der Waals surface area contributed by atoms with E-state index in [9.17, 15) is 19.1 Å². The second kappa shape index (κ2) is 9.50. The number of pyridine rings is 1. The van der Waals surface area contributed by atoms with E-state index >= 15 is 0 Å². The highest BCUT2D eigenvalue weighted by molar-refractivity contribution is 7.22. The fourth-order valence-electron chi connectivity index (χ4n) is 3.93. The van der Waals surface area contributed by atoms with E-state index in [4.69, 9.17) is 27.9 Å². The van der Waals surface area contributed by atoms with E-state index in [0.29, 0.717) is 33.3 Å². The van der Waals surface area contributed by atoms with Gasteiger partial charge in [0, 0.05) is 11.8 Å². The summed E-state index contributed by atoms with van der Waals surface area (Å²) >= 11 is 13.1. The molecule has 0 saturated carbocycles. The standard InChI is InChI=1S/C25H16Cl2FN3O4S/c1-2-35-18-9-12(6-7-13(18)26)22(32)20-21(16-5-3-4-8-29-16)31(24(34)23(20)33)25-30-17-10-14(27)15(28)11-19(17)36-25/h3-11,21,32H,2H2,1H3/b22-20+. The first kappa shape index (κ1) is 24.2. The van der Waals surface area contributed by atoms with E-state index in [-0.39, 0.29) is 21.3 Å². The number of amides is 1. The van der Waals surface area contributed by atoms with E-state index < -0.39 is 29.3 Å². The van der Waals surface area contributed by atoms with Gasteiger partial charge in [-0.25, -0.2) is 9.37 Å². The third kappa shape index (κ3) is 4.09. The van der Waals surface area contributed by atoms with Crippen LogP contribution in [-0.4, -0.2) is 33.4 Å². The molecule has 0 spiro atoms.